The zero-order chi connectivity index (χ0) is 13.8. The van der Waals surface area contributed by atoms with Crippen molar-refractivity contribution in [2.45, 2.75) is 58.5 Å². The minimum absolute atomic E-state index is 0.175. The average Bonchev–Trinajstić information content (AvgIpc) is 2.30. The van der Waals surface area contributed by atoms with Crippen LogP contribution >= 0.6 is 0 Å². The van der Waals surface area contributed by atoms with Crippen LogP contribution in [0.4, 0.5) is 0 Å². The van der Waals surface area contributed by atoms with Crippen molar-refractivity contribution in [2.24, 2.45) is 0 Å². The Kier molecular flexibility index (Phi) is 5.11. The molecule has 18 heavy (non-hydrogen) atoms. The number of hydrogen-bond acceptors (Lipinski definition) is 2. The van der Waals surface area contributed by atoms with Crippen LogP contribution in [0.5, 0.6) is 0 Å². The third-order valence-corrected chi connectivity index (χ3v) is 2.99. The molecular weight excluding hydrogens is 228 g/mol. The number of aromatic nitrogens is 1. The summed E-state index contributed by atoms with van der Waals surface area (Å²) in [6.45, 7) is 7.85. The molecule has 0 fully saturated rings. The molecule has 1 aromatic rings. The Morgan fingerprint density at radius 1 is 1.33 bits per heavy atom. The second-order valence-corrected chi connectivity index (χ2v) is 5.65. The summed E-state index contributed by atoms with van der Waals surface area (Å²) in [5.41, 5.74) is 0.488. The van der Waals surface area contributed by atoms with Crippen LogP contribution in [0.2, 0.25) is 0 Å². The van der Waals surface area contributed by atoms with Gasteiger partial charge in [-0.05, 0) is 32.8 Å². The van der Waals surface area contributed by atoms with E-state index >= 15 is 0 Å². The van der Waals surface area contributed by atoms with Gasteiger partial charge in [-0.15, -0.1) is 10.3 Å². The molecule has 101 valence electrons. The number of unbranched alkanes of at least 4 members (excludes halogenated alkanes) is 1. The first kappa shape index (κ1) is 14.9. The fourth-order valence-electron chi connectivity index (χ4n) is 1.93. The van der Waals surface area contributed by atoms with E-state index in [2.05, 4.69) is 6.92 Å². The lowest BCUT2D eigenvalue weighted by Gasteiger charge is -2.34. The van der Waals surface area contributed by atoms with Crippen molar-refractivity contribution in [3.8, 4) is 0 Å². The third kappa shape index (κ3) is 3.96. The molecule has 0 spiro atoms. The van der Waals surface area contributed by atoms with Crippen LogP contribution in [-0.4, -0.2) is 10.6 Å². The van der Waals surface area contributed by atoms with Crippen LogP contribution in [0, 0.1) is 5.21 Å². The van der Waals surface area contributed by atoms with Gasteiger partial charge in [-0.1, -0.05) is 19.8 Å². The van der Waals surface area contributed by atoms with Crippen molar-refractivity contribution in [2.75, 3.05) is 0 Å². The van der Waals surface area contributed by atoms with Crippen molar-refractivity contribution in [3.63, 3.8) is 0 Å². The van der Waals surface area contributed by atoms with Crippen molar-refractivity contribution in [1.29, 1.82) is 0 Å². The predicted octanol–water partition coefficient (Wildman–Crippen LogP) is 3.00. The second kappa shape index (κ2) is 6.16. The molecule has 1 unspecified atom stereocenters. The molecule has 1 atom stereocenters. The van der Waals surface area contributed by atoms with Gasteiger partial charge < -0.3 is 5.21 Å². The monoisotopic (exact) mass is 251 g/mol. The van der Waals surface area contributed by atoms with Crippen LogP contribution < -0.4 is 4.73 Å². The average molecular weight is 251 g/mol. The maximum atomic E-state index is 12.4. The first-order chi connectivity index (χ1) is 8.36. The fraction of sp³-hybridized carbons (Fsp3) is 0.643. The van der Waals surface area contributed by atoms with E-state index in [1.165, 1.54) is 12.4 Å². The van der Waals surface area contributed by atoms with Crippen molar-refractivity contribution < 1.29 is 9.94 Å². The largest absolute Gasteiger partial charge is 0.619 e. The highest BCUT2D eigenvalue weighted by molar-refractivity contribution is 5.13. The first-order valence-corrected chi connectivity index (χ1v) is 6.51. The SMILES string of the molecule is CCCCC(c1cc[n+]([O-])cc1)N([O])C(C)(C)C. The van der Waals surface area contributed by atoms with Crippen LogP contribution in [0.3, 0.4) is 0 Å². The summed E-state index contributed by atoms with van der Waals surface area (Å²) in [6, 6.07) is 3.31. The van der Waals surface area contributed by atoms with Gasteiger partial charge in [0.1, 0.15) is 0 Å². The summed E-state index contributed by atoms with van der Waals surface area (Å²) in [4.78, 5) is 0. The number of hydroxylamine groups is 2. The molecule has 0 aliphatic heterocycles. The Bertz CT molecular complexity index is 357. The minimum Gasteiger partial charge on any atom is -0.619 e. The molecule has 0 saturated heterocycles. The van der Waals surface area contributed by atoms with Crippen LogP contribution in [0.25, 0.3) is 0 Å². The minimum atomic E-state index is -0.429. The van der Waals surface area contributed by atoms with E-state index < -0.39 is 5.54 Å². The molecule has 0 bridgehead atoms. The molecule has 4 nitrogen and oxygen atoms in total. The highest BCUT2D eigenvalue weighted by atomic mass is 16.5. The second-order valence-electron chi connectivity index (χ2n) is 5.65. The maximum Gasteiger partial charge on any atom is 0.180 e. The topological polar surface area (TPSA) is 50.1 Å². The molecule has 0 aromatic carbocycles. The van der Waals surface area contributed by atoms with E-state index in [9.17, 15) is 10.4 Å². The molecule has 0 aliphatic rings. The first-order valence-electron chi connectivity index (χ1n) is 6.51. The number of nitrogens with zero attached hydrogens (tertiary/aromatic N) is 2. The summed E-state index contributed by atoms with van der Waals surface area (Å²) in [5.74, 6) is 0. The Hall–Kier alpha value is -1.13. The van der Waals surface area contributed by atoms with Gasteiger partial charge in [0.2, 0.25) is 0 Å². The van der Waals surface area contributed by atoms with E-state index in [0.29, 0.717) is 0 Å². The van der Waals surface area contributed by atoms with E-state index in [-0.39, 0.29) is 6.04 Å². The van der Waals surface area contributed by atoms with E-state index in [1.54, 1.807) is 12.1 Å². The van der Waals surface area contributed by atoms with Crippen molar-refractivity contribution in [1.82, 2.24) is 5.06 Å². The molecule has 1 radical (unpaired) electrons. The van der Waals surface area contributed by atoms with Crippen LogP contribution in [-0.2, 0) is 5.21 Å². The Morgan fingerprint density at radius 2 is 1.89 bits per heavy atom. The summed E-state index contributed by atoms with van der Waals surface area (Å²) >= 11 is 0. The van der Waals surface area contributed by atoms with Gasteiger partial charge >= 0.3 is 0 Å². The molecule has 1 heterocycles. The summed E-state index contributed by atoms with van der Waals surface area (Å²) in [5, 5.41) is 24.6. The molecule has 1 rings (SSSR count). The number of hydrogen-bond donors (Lipinski definition) is 0. The smallest absolute Gasteiger partial charge is 0.180 e. The highest BCUT2D eigenvalue weighted by Gasteiger charge is 2.30. The highest BCUT2D eigenvalue weighted by Crippen LogP contribution is 2.30. The molecule has 0 saturated carbocycles. The lowest BCUT2D eigenvalue weighted by Crippen LogP contribution is -2.40. The zero-order valence-electron chi connectivity index (χ0n) is 11.7. The van der Waals surface area contributed by atoms with E-state index in [0.717, 1.165) is 34.6 Å². The molecule has 4 heteroatoms. The summed E-state index contributed by atoms with van der Waals surface area (Å²) in [7, 11) is 0. The zero-order valence-corrected chi connectivity index (χ0v) is 11.7. The Labute approximate surface area is 109 Å². The molecule has 0 N–H and O–H groups in total. The fourth-order valence-corrected chi connectivity index (χ4v) is 1.93. The molecule has 0 amide bonds. The molecule has 0 aliphatic carbocycles. The summed E-state index contributed by atoms with van der Waals surface area (Å²) < 4.78 is 0.743. The van der Waals surface area contributed by atoms with Crippen molar-refractivity contribution >= 4 is 0 Å². The van der Waals surface area contributed by atoms with E-state index in [4.69, 9.17) is 0 Å². The molecule has 1 aromatic heterocycles. The van der Waals surface area contributed by atoms with Gasteiger partial charge in [-0.25, -0.2) is 0 Å². The molecular formula is C14H23N2O2. The van der Waals surface area contributed by atoms with Gasteiger partial charge in [0, 0.05) is 17.7 Å². The number of pyridine rings is 1. The van der Waals surface area contributed by atoms with Gasteiger partial charge in [-0.2, -0.15) is 4.73 Å². The van der Waals surface area contributed by atoms with Gasteiger partial charge in [0.25, 0.3) is 0 Å². The lowest BCUT2D eigenvalue weighted by atomic mass is 9.97. The normalized spacial score (nSPS) is 13.9. The Balaban J connectivity index is 2.94. The predicted molar refractivity (Wildman–Crippen MR) is 69.9 cm³/mol. The summed E-state index contributed by atoms with van der Waals surface area (Å²) in [6.07, 6.45) is 5.78. The maximum absolute atomic E-state index is 12.4. The standard InChI is InChI=1S/C14H23N2O2/c1-5-6-7-13(16(18)14(2,3)4)12-8-10-15(17)11-9-12/h8-11,13H,5-7H2,1-4H3. The van der Waals surface area contributed by atoms with E-state index in [1.807, 2.05) is 20.8 Å². The Morgan fingerprint density at radius 3 is 2.33 bits per heavy atom. The number of rotatable bonds is 5. The quantitative estimate of drug-likeness (QED) is 0.459. The van der Waals surface area contributed by atoms with Gasteiger partial charge in [-0.3, -0.25) is 0 Å². The van der Waals surface area contributed by atoms with Crippen LogP contribution in [0.15, 0.2) is 24.5 Å². The van der Waals surface area contributed by atoms with Crippen LogP contribution in [0.1, 0.15) is 58.6 Å². The van der Waals surface area contributed by atoms with Gasteiger partial charge in [0.05, 0.1) is 6.04 Å². The third-order valence-electron chi connectivity index (χ3n) is 2.99. The lowest BCUT2D eigenvalue weighted by molar-refractivity contribution is -0.605. The van der Waals surface area contributed by atoms with Crippen molar-refractivity contribution in [3.05, 3.63) is 35.3 Å². The van der Waals surface area contributed by atoms with Gasteiger partial charge in [0.15, 0.2) is 12.4 Å².